The number of hydrogen-bond acceptors (Lipinski definition) is 18. The highest BCUT2D eigenvalue weighted by molar-refractivity contribution is 5.97. The first-order valence-electron chi connectivity index (χ1n) is 26.1. The van der Waals surface area contributed by atoms with E-state index in [1.54, 1.807) is 33.0 Å². The number of carbonyl (C=O) groups excluding carboxylic acids is 7. The van der Waals surface area contributed by atoms with Crippen molar-refractivity contribution < 1.29 is 52.5 Å². The fourth-order valence-corrected chi connectivity index (χ4v) is 7.89. The van der Waals surface area contributed by atoms with Gasteiger partial charge in [-0.2, -0.15) is 9.97 Å². The van der Waals surface area contributed by atoms with Gasteiger partial charge < -0.3 is 51.3 Å². The Labute approximate surface area is 429 Å². The molecule has 0 aliphatic rings. The second kappa shape index (κ2) is 34.7. The molecule has 0 saturated heterocycles. The van der Waals surface area contributed by atoms with Crippen LogP contribution in [-0.2, 0) is 54.3 Å². The van der Waals surface area contributed by atoms with Crippen molar-refractivity contribution in [1.29, 1.82) is 0 Å². The highest BCUT2D eigenvalue weighted by Crippen LogP contribution is 2.20. The molecule has 2 heterocycles. The maximum absolute atomic E-state index is 13.7. The third-order valence-corrected chi connectivity index (χ3v) is 11.9. The number of ether oxygens (including phenoxy) is 4. The van der Waals surface area contributed by atoms with Gasteiger partial charge in [0.15, 0.2) is 30.2 Å². The lowest BCUT2D eigenvalue weighted by Gasteiger charge is -2.20. The Morgan fingerprint density at radius 1 is 0.575 bits per heavy atom. The second-order valence-corrected chi connectivity index (χ2v) is 18.0. The first kappa shape index (κ1) is 60.6. The molecule has 0 fully saturated rings. The fraction of sp³-hybridized carbons (Fsp3) is 0.635. The van der Waals surface area contributed by atoms with E-state index < -0.39 is 79.4 Å². The largest absolute Gasteiger partial charge is 0.464 e. The summed E-state index contributed by atoms with van der Waals surface area (Å²) in [5.41, 5.74) is 13.6. The second-order valence-electron chi connectivity index (χ2n) is 18.0. The molecule has 0 bridgehead atoms. The fourth-order valence-electron chi connectivity index (χ4n) is 7.89. The van der Waals surface area contributed by atoms with Crippen molar-refractivity contribution in [1.82, 2.24) is 35.9 Å². The monoisotopic (exact) mass is 1020 g/mol. The van der Waals surface area contributed by atoms with Crippen molar-refractivity contribution >= 4 is 70.2 Å². The molecular weight excluding hydrogens is 941 g/mol. The maximum atomic E-state index is 13.7. The summed E-state index contributed by atoms with van der Waals surface area (Å²) in [6, 6.07) is 3.09. The van der Waals surface area contributed by atoms with Crippen molar-refractivity contribution in [3.63, 3.8) is 0 Å². The normalized spacial score (nSPS) is 12.2. The number of fused-ring (bicyclic) bond motifs is 1. The Kier molecular flexibility index (Phi) is 28.8. The van der Waals surface area contributed by atoms with Crippen LogP contribution in [0.5, 0.6) is 0 Å². The Hall–Kier alpha value is -6.67. The summed E-state index contributed by atoms with van der Waals surface area (Å²) in [5.74, 6) is -5.20. The highest BCUT2D eigenvalue weighted by atomic mass is 16.5. The molecule has 3 rings (SSSR count). The Morgan fingerprint density at radius 3 is 1.58 bits per heavy atom. The van der Waals surface area contributed by atoms with E-state index in [-0.39, 0.29) is 42.6 Å². The van der Waals surface area contributed by atoms with Crippen LogP contribution in [0.15, 0.2) is 30.5 Å². The molecule has 21 nitrogen and oxygen atoms in total. The average Bonchev–Trinajstić information content (AvgIpc) is 3.37. The standard InChI is InChI=1S/C52H80N10O11/c1-6-10-12-14-16-18-20-22-24-39(49(67)70-8-3)57-42(63)34-72-44(65)31-30-41(51(69)73-35-43(64)58-40(50(68)71-9-4)25-23-21-19-17-15-13-11-7-2)59-48(66)36-26-28-38(29-27-36)62(5)33-37-32-55-47-45(56-37)46(53)60-52(54)61-47/h26-29,32,39-41H,6-25,30-31,33-35H2,1-5H3,(H,57,63)(H,58,64)(H,59,66)(H4,53,54,55,60,61). The van der Waals surface area contributed by atoms with E-state index in [0.29, 0.717) is 49.1 Å². The lowest BCUT2D eigenvalue weighted by molar-refractivity contribution is -0.153. The number of carbonyl (C=O) groups is 7. The Bertz CT molecular complexity index is 2200. The molecule has 404 valence electrons. The molecule has 0 spiro atoms. The lowest BCUT2D eigenvalue weighted by atomic mass is 10.0. The zero-order valence-corrected chi connectivity index (χ0v) is 43.7. The number of nitrogens with two attached hydrogens (primary N) is 2. The van der Waals surface area contributed by atoms with Gasteiger partial charge in [0.25, 0.3) is 17.7 Å². The quantitative estimate of drug-likeness (QED) is 0.0239. The van der Waals surface area contributed by atoms with Crippen LogP contribution in [-0.4, -0.2) is 113 Å². The molecule has 0 aliphatic carbocycles. The SMILES string of the molecule is CCCCCCCCCCC(NC(=O)COC(=O)CCC(NC(=O)c1ccc(N(C)Cc2cnc3nc(N)nc(N)c3n2)cc1)C(=O)OCC(=O)NC(CCCCCCCCCC)C(=O)OCC)C(=O)OCC. The first-order valence-corrected chi connectivity index (χ1v) is 26.1. The summed E-state index contributed by atoms with van der Waals surface area (Å²) in [4.78, 5) is 110. The summed E-state index contributed by atoms with van der Waals surface area (Å²) >= 11 is 0. The van der Waals surface area contributed by atoms with Crippen molar-refractivity contribution in [2.45, 2.75) is 181 Å². The van der Waals surface area contributed by atoms with E-state index in [1.165, 1.54) is 50.4 Å². The van der Waals surface area contributed by atoms with Crippen LogP contribution in [0.25, 0.3) is 11.2 Å². The van der Waals surface area contributed by atoms with Crippen LogP contribution < -0.4 is 32.3 Å². The van der Waals surface area contributed by atoms with Gasteiger partial charge in [0.2, 0.25) is 5.95 Å². The number of nitrogen functional groups attached to an aromatic ring is 2. The van der Waals surface area contributed by atoms with Crippen LogP contribution in [0.1, 0.15) is 172 Å². The maximum Gasteiger partial charge on any atom is 0.329 e. The molecule has 0 radical (unpaired) electrons. The summed E-state index contributed by atoms with van der Waals surface area (Å²) in [6.45, 7) is 6.70. The molecule has 3 amide bonds. The van der Waals surface area contributed by atoms with Crippen LogP contribution in [0.4, 0.5) is 17.5 Å². The third kappa shape index (κ3) is 23.6. The van der Waals surface area contributed by atoms with Gasteiger partial charge in [-0.3, -0.25) is 19.2 Å². The molecule has 21 heteroatoms. The number of nitrogens with zero attached hydrogens (tertiary/aromatic N) is 5. The van der Waals surface area contributed by atoms with Gasteiger partial charge in [-0.1, -0.05) is 117 Å². The van der Waals surface area contributed by atoms with Crippen LogP contribution in [0.3, 0.4) is 0 Å². The van der Waals surface area contributed by atoms with E-state index >= 15 is 0 Å². The molecule has 0 aliphatic heterocycles. The number of benzene rings is 1. The van der Waals surface area contributed by atoms with E-state index in [9.17, 15) is 33.6 Å². The number of hydrogen-bond donors (Lipinski definition) is 5. The summed E-state index contributed by atoms with van der Waals surface area (Å²) in [6.07, 6.45) is 18.2. The third-order valence-electron chi connectivity index (χ3n) is 11.9. The first-order chi connectivity index (χ1) is 35.2. The van der Waals surface area contributed by atoms with Gasteiger partial charge in [0, 0.05) is 24.7 Å². The Morgan fingerprint density at radius 2 is 1.05 bits per heavy atom. The minimum atomic E-state index is -1.46. The van der Waals surface area contributed by atoms with Gasteiger partial charge in [-0.25, -0.2) is 24.4 Å². The number of esters is 4. The van der Waals surface area contributed by atoms with Crippen LogP contribution in [0, 0.1) is 0 Å². The number of unbranched alkanes of at least 4 members (excludes halogenated alkanes) is 14. The van der Waals surface area contributed by atoms with Crippen molar-refractivity contribution in [2.75, 3.05) is 49.8 Å². The van der Waals surface area contributed by atoms with Crippen molar-refractivity contribution in [3.8, 4) is 0 Å². The number of amides is 3. The van der Waals surface area contributed by atoms with E-state index in [1.807, 2.05) is 4.90 Å². The van der Waals surface area contributed by atoms with E-state index in [2.05, 4.69) is 49.7 Å². The predicted octanol–water partition coefficient (Wildman–Crippen LogP) is 6.34. The minimum Gasteiger partial charge on any atom is -0.464 e. The molecule has 1 aromatic carbocycles. The molecule has 3 unspecified atom stereocenters. The summed E-state index contributed by atoms with van der Waals surface area (Å²) in [5, 5.41) is 7.80. The van der Waals surface area contributed by atoms with Gasteiger partial charge in [0.1, 0.15) is 18.1 Å². The number of nitrogens with one attached hydrogen (secondary N) is 3. The lowest BCUT2D eigenvalue weighted by Crippen LogP contribution is -2.46. The van der Waals surface area contributed by atoms with Crippen LogP contribution >= 0.6 is 0 Å². The highest BCUT2D eigenvalue weighted by Gasteiger charge is 2.28. The number of anilines is 3. The number of aromatic nitrogens is 4. The van der Waals surface area contributed by atoms with Gasteiger partial charge in [-0.15, -0.1) is 0 Å². The number of rotatable bonds is 37. The predicted molar refractivity (Wildman–Crippen MR) is 276 cm³/mol. The van der Waals surface area contributed by atoms with Crippen LogP contribution in [0.2, 0.25) is 0 Å². The van der Waals surface area contributed by atoms with Gasteiger partial charge >= 0.3 is 23.9 Å². The zero-order chi connectivity index (χ0) is 53.4. The van der Waals surface area contributed by atoms with Crippen molar-refractivity contribution in [2.24, 2.45) is 0 Å². The Balaban J connectivity index is 1.66. The smallest absolute Gasteiger partial charge is 0.329 e. The van der Waals surface area contributed by atoms with E-state index in [4.69, 9.17) is 30.4 Å². The van der Waals surface area contributed by atoms with Crippen molar-refractivity contribution in [3.05, 3.63) is 41.7 Å². The van der Waals surface area contributed by atoms with E-state index in [0.717, 1.165) is 57.8 Å². The minimum absolute atomic E-state index is 0.0184. The molecule has 73 heavy (non-hydrogen) atoms. The topological polar surface area (TPSA) is 299 Å². The molecule has 3 aromatic rings. The molecular formula is C52H80N10O11. The molecule has 3 atom stereocenters. The van der Waals surface area contributed by atoms with Gasteiger partial charge in [-0.05, 0) is 57.4 Å². The summed E-state index contributed by atoms with van der Waals surface area (Å²) in [7, 11) is 1.80. The molecule has 2 aromatic heterocycles. The van der Waals surface area contributed by atoms with Gasteiger partial charge in [0.05, 0.1) is 31.6 Å². The molecule has 0 saturated carbocycles. The average molecular weight is 1020 g/mol. The zero-order valence-electron chi connectivity index (χ0n) is 43.7. The summed E-state index contributed by atoms with van der Waals surface area (Å²) < 4.78 is 20.9. The molecule has 7 N–H and O–H groups in total.